The molecule has 0 aliphatic carbocycles. The maximum Gasteiger partial charge on any atom is 0.128 e. The van der Waals surface area contributed by atoms with Gasteiger partial charge in [-0.05, 0) is 32.4 Å². The molecule has 1 heterocycles. The lowest BCUT2D eigenvalue weighted by atomic mass is 10.1. The zero-order valence-electron chi connectivity index (χ0n) is 10.7. The molecular formula is C13H20N4. The van der Waals surface area contributed by atoms with Gasteiger partial charge in [-0.2, -0.15) is 5.26 Å². The van der Waals surface area contributed by atoms with Gasteiger partial charge in [0.05, 0.1) is 12.0 Å². The number of nitrogens with two attached hydrogens (primary N) is 1. The topological polar surface area (TPSA) is 65.9 Å². The molecule has 0 amide bonds. The van der Waals surface area contributed by atoms with Crippen LogP contribution >= 0.6 is 0 Å². The van der Waals surface area contributed by atoms with Crippen molar-refractivity contribution >= 4 is 5.82 Å². The lowest BCUT2D eigenvalue weighted by Crippen LogP contribution is -2.28. The second-order valence-electron chi connectivity index (χ2n) is 4.31. The highest BCUT2D eigenvalue weighted by Crippen LogP contribution is 2.15. The Hall–Kier alpha value is -1.60. The summed E-state index contributed by atoms with van der Waals surface area (Å²) in [5.74, 6) is 0.906. The Morgan fingerprint density at radius 1 is 1.47 bits per heavy atom. The summed E-state index contributed by atoms with van der Waals surface area (Å²) in [6.45, 7) is 7.46. The molecule has 4 heteroatoms. The Bertz CT molecular complexity index is 377. The highest BCUT2D eigenvalue weighted by molar-refractivity contribution is 5.39. The number of rotatable bonds is 5. The van der Waals surface area contributed by atoms with Crippen LogP contribution in [0.4, 0.5) is 5.82 Å². The molecule has 0 aliphatic rings. The van der Waals surface area contributed by atoms with Crippen molar-refractivity contribution in [3.05, 3.63) is 23.9 Å². The minimum atomic E-state index is 0.00431. The van der Waals surface area contributed by atoms with E-state index in [0.29, 0.717) is 6.54 Å². The Kier molecular flexibility index (Phi) is 4.92. The van der Waals surface area contributed by atoms with Gasteiger partial charge < -0.3 is 10.6 Å². The summed E-state index contributed by atoms with van der Waals surface area (Å²) in [4.78, 5) is 6.49. The highest BCUT2D eigenvalue weighted by atomic mass is 15.2. The zero-order chi connectivity index (χ0) is 12.8. The second-order valence-corrected chi connectivity index (χ2v) is 4.31. The van der Waals surface area contributed by atoms with E-state index in [4.69, 9.17) is 11.0 Å². The molecule has 0 saturated carbocycles. The molecule has 4 nitrogen and oxygen atoms in total. The van der Waals surface area contributed by atoms with Gasteiger partial charge in [0.2, 0.25) is 0 Å². The summed E-state index contributed by atoms with van der Waals surface area (Å²) >= 11 is 0. The third-order valence-electron chi connectivity index (χ3n) is 2.72. The van der Waals surface area contributed by atoms with Crippen molar-refractivity contribution in [1.82, 2.24) is 4.98 Å². The molecule has 0 bridgehead atoms. The lowest BCUT2D eigenvalue weighted by molar-refractivity contribution is 0.678. The third-order valence-corrected chi connectivity index (χ3v) is 2.72. The minimum absolute atomic E-state index is 0.00431. The van der Waals surface area contributed by atoms with Gasteiger partial charge in [-0.3, -0.25) is 0 Å². The zero-order valence-corrected chi connectivity index (χ0v) is 10.7. The quantitative estimate of drug-likeness (QED) is 0.844. The van der Waals surface area contributed by atoms with E-state index in [1.165, 1.54) is 0 Å². The number of anilines is 1. The van der Waals surface area contributed by atoms with Gasteiger partial charge in [0.25, 0.3) is 0 Å². The van der Waals surface area contributed by atoms with Gasteiger partial charge in [-0.15, -0.1) is 0 Å². The summed E-state index contributed by atoms with van der Waals surface area (Å²) in [5.41, 5.74) is 6.80. The number of nitriles is 1. The summed E-state index contributed by atoms with van der Waals surface area (Å²) in [6.07, 6.45) is 1.81. The monoisotopic (exact) mass is 232 g/mol. The van der Waals surface area contributed by atoms with E-state index in [9.17, 15) is 0 Å². The fraction of sp³-hybridized carbons (Fsp3) is 0.538. The molecule has 2 N–H and O–H groups in total. The van der Waals surface area contributed by atoms with Crippen molar-refractivity contribution in [2.24, 2.45) is 11.7 Å². The van der Waals surface area contributed by atoms with Crippen LogP contribution in [0.1, 0.15) is 32.4 Å². The maximum absolute atomic E-state index is 8.83. The smallest absolute Gasteiger partial charge is 0.128 e. The van der Waals surface area contributed by atoms with Gasteiger partial charge >= 0.3 is 0 Å². The fourth-order valence-electron chi connectivity index (χ4n) is 1.61. The summed E-state index contributed by atoms with van der Waals surface area (Å²) < 4.78 is 0. The van der Waals surface area contributed by atoms with Crippen LogP contribution < -0.4 is 10.6 Å². The molecule has 0 saturated heterocycles. The average Bonchev–Trinajstić information content (AvgIpc) is 2.35. The molecular weight excluding hydrogens is 212 g/mol. The van der Waals surface area contributed by atoms with Crippen LogP contribution in [0, 0.1) is 17.2 Å². The van der Waals surface area contributed by atoms with Crippen molar-refractivity contribution < 1.29 is 0 Å². The first-order valence-corrected chi connectivity index (χ1v) is 5.94. The van der Waals surface area contributed by atoms with E-state index in [-0.39, 0.29) is 12.0 Å². The predicted molar refractivity (Wildman–Crippen MR) is 69.5 cm³/mol. The summed E-state index contributed by atoms with van der Waals surface area (Å²) in [5, 5.41) is 8.83. The van der Waals surface area contributed by atoms with E-state index in [0.717, 1.165) is 17.9 Å². The fourth-order valence-corrected chi connectivity index (χ4v) is 1.61. The van der Waals surface area contributed by atoms with Gasteiger partial charge in [0.15, 0.2) is 0 Å². The molecule has 92 valence electrons. The van der Waals surface area contributed by atoms with Gasteiger partial charge in [-0.25, -0.2) is 4.98 Å². The van der Waals surface area contributed by atoms with E-state index in [1.54, 1.807) is 6.20 Å². The van der Waals surface area contributed by atoms with Crippen molar-refractivity contribution in [1.29, 1.82) is 5.26 Å². The molecule has 2 atom stereocenters. The van der Waals surface area contributed by atoms with Crippen LogP contribution in [0.3, 0.4) is 0 Å². The molecule has 0 aromatic carbocycles. The number of aromatic nitrogens is 1. The second kappa shape index (κ2) is 6.21. The van der Waals surface area contributed by atoms with Crippen LogP contribution in [0.15, 0.2) is 18.3 Å². The molecule has 17 heavy (non-hydrogen) atoms. The molecule has 1 aromatic rings. The third kappa shape index (κ3) is 3.72. The molecule has 1 rings (SSSR count). The van der Waals surface area contributed by atoms with E-state index in [2.05, 4.69) is 22.9 Å². The molecule has 0 radical (unpaired) electrons. The average molecular weight is 232 g/mol. The number of hydrogen-bond acceptors (Lipinski definition) is 4. The van der Waals surface area contributed by atoms with E-state index >= 15 is 0 Å². The van der Waals surface area contributed by atoms with Gasteiger partial charge in [-0.1, -0.05) is 6.07 Å². The first-order chi connectivity index (χ1) is 8.08. The van der Waals surface area contributed by atoms with Crippen molar-refractivity contribution in [2.75, 3.05) is 18.0 Å². The SMILES string of the molecule is CCN(CC(C)C#N)c1ccc(C(C)N)cn1. The van der Waals surface area contributed by atoms with Crippen LogP contribution in [-0.4, -0.2) is 18.1 Å². The standard InChI is InChI=1S/C13H20N4/c1-4-17(9-10(2)7-14)13-6-5-12(8-16-13)11(3)15/h5-6,8,10-11H,4,9,15H2,1-3H3. The first kappa shape index (κ1) is 13.5. The van der Waals surface area contributed by atoms with Crippen LogP contribution in [0.25, 0.3) is 0 Å². The van der Waals surface area contributed by atoms with Gasteiger partial charge in [0.1, 0.15) is 5.82 Å². The van der Waals surface area contributed by atoms with E-state index in [1.807, 2.05) is 26.0 Å². The molecule has 0 fully saturated rings. The van der Waals surface area contributed by atoms with Crippen molar-refractivity contribution in [2.45, 2.75) is 26.8 Å². The molecule has 0 aliphatic heterocycles. The van der Waals surface area contributed by atoms with E-state index < -0.39 is 0 Å². The number of hydrogen-bond donors (Lipinski definition) is 1. The Labute approximate surface area is 103 Å². The van der Waals surface area contributed by atoms with Crippen LogP contribution in [-0.2, 0) is 0 Å². The van der Waals surface area contributed by atoms with Crippen LogP contribution in [0.5, 0.6) is 0 Å². The maximum atomic E-state index is 8.83. The summed E-state index contributed by atoms with van der Waals surface area (Å²) in [7, 11) is 0. The van der Waals surface area contributed by atoms with Gasteiger partial charge in [0, 0.05) is 25.3 Å². The molecule has 0 spiro atoms. The minimum Gasteiger partial charge on any atom is -0.356 e. The molecule has 1 aromatic heterocycles. The summed E-state index contributed by atoms with van der Waals surface area (Å²) in [6, 6.07) is 6.20. The molecule has 2 unspecified atom stereocenters. The largest absolute Gasteiger partial charge is 0.356 e. The number of pyridine rings is 1. The predicted octanol–water partition coefficient (Wildman–Crippen LogP) is 2.09. The normalized spacial score (nSPS) is 13.8. The van der Waals surface area contributed by atoms with Crippen molar-refractivity contribution in [3.8, 4) is 6.07 Å². The Morgan fingerprint density at radius 3 is 2.59 bits per heavy atom. The lowest BCUT2D eigenvalue weighted by Gasteiger charge is -2.23. The van der Waals surface area contributed by atoms with Crippen LogP contribution in [0.2, 0.25) is 0 Å². The Balaban J connectivity index is 2.79. The first-order valence-electron chi connectivity index (χ1n) is 5.94. The van der Waals surface area contributed by atoms with Crippen molar-refractivity contribution in [3.63, 3.8) is 0 Å². The number of nitrogens with zero attached hydrogens (tertiary/aromatic N) is 3. The highest BCUT2D eigenvalue weighted by Gasteiger charge is 2.10. The Morgan fingerprint density at radius 2 is 2.18 bits per heavy atom.